The number of aliphatic hydroxyl groups excluding tert-OH is 1. The highest BCUT2D eigenvalue weighted by Gasteiger charge is 2.37. The maximum atomic E-state index is 12.0. The third-order valence-electron chi connectivity index (χ3n) is 7.61. The Morgan fingerprint density at radius 3 is 2.11 bits per heavy atom. The third kappa shape index (κ3) is 5.21. The molecule has 0 fully saturated rings. The SMILES string of the molecule is CCOC(=O)c1ccc(-c2ccc(CCCO)c(-c3ccc4c(c3)C(C)(C)CCC4(C)C)c2)cc1. The van der Waals surface area contributed by atoms with Gasteiger partial charge in [0.15, 0.2) is 0 Å². The van der Waals surface area contributed by atoms with E-state index in [0.29, 0.717) is 12.2 Å². The van der Waals surface area contributed by atoms with Gasteiger partial charge in [-0.2, -0.15) is 0 Å². The summed E-state index contributed by atoms with van der Waals surface area (Å²) in [6.07, 6.45) is 3.95. The van der Waals surface area contributed by atoms with Crippen LogP contribution < -0.4 is 0 Å². The summed E-state index contributed by atoms with van der Waals surface area (Å²) in [7, 11) is 0. The lowest BCUT2D eigenvalue weighted by Gasteiger charge is -2.42. The number of rotatable bonds is 7. The third-order valence-corrected chi connectivity index (χ3v) is 7.61. The summed E-state index contributed by atoms with van der Waals surface area (Å²) in [4.78, 5) is 12.0. The van der Waals surface area contributed by atoms with Gasteiger partial charge in [-0.15, -0.1) is 0 Å². The summed E-state index contributed by atoms with van der Waals surface area (Å²) < 4.78 is 5.12. The number of esters is 1. The van der Waals surface area contributed by atoms with Crippen LogP contribution in [0.1, 0.15) is 80.9 Å². The molecule has 0 saturated heterocycles. The van der Waals surface area contributed by atoms with Crippen LogP contribution in [0.15, 0.2) is 60.7 Å². The summed E-state index contributed by atoms with van der Waals surface area (Å²) in [6.45, 7) is 11.8. The zero-order chi connectivity index (χ0) is 25.2. The molecular weight excluding hydrogens is 432 g/mol. The van der Waals surface area contributed by atoms with Crippen molar-refractivity contribution < 1.29 is 14.6 Å². The summed E-state index contributed by atoms with van der Waals surface area (Å²) in [6, 6.07) is 21.2. The molecule has 0 unspecified atom stereocenters. The van der Waals surface area contributed by atoms with Gasteiger partial charge in [0.05, 0.1) is 12.2 Å². The largest absolute Gasteiger partial charge is 0.462 e. The van der Waals surface area contributed by atoms with E-state index < -0.39 is 0 Å². The lowest BCUT2D eigenvalue weighted by molar-refractivity contribution is 0.0526. The van der Waals surface area contributed by atoms with Crippen LogP contribution >= 0.6 is 0 Å². The zero-order valence-corrected chi connectivity index (χ0v) is 21.8. The first kappa shape index (κ1) is 25.2. The van der Waals surface area contributed by atoms with E-state index in [1.807, 2.05) is 31.2 Å². The van der Waals surface area contributed by atoms with Gasteiger partial charge in [0.1, 0.15) is 0 Å². The van der Waals surface area contributed by atoms with E-state index in [9.17, 15) is 9.90 Å². The van der Waals surface area contributed by atoms with Crippen molar-refractivity contribution in [1.29, 1.82) is 0 Å². The lowest BCUT2D eigenvalue weighted by atomic mass is 9.63. The monoisotopic (exact) mass is 470 g/mol. The first-order valence-corrected chi connectivity index (χ1v) is 12.8. The van der Waals surface area contributed by atoms with Crippen LogP contribution in [0.4, 0.5) is 0 Å². The minimum Gasteiger partial charge on any atom is -0.462 e. The number of fused-ring (bicyclic) bond motifs is 1. The maximum absolute atomic E-state index is 12.0. The van der Waals surface area contributed by atoms with Gasteiger partial charge in [-0.3, -0.25) is 0 Å². The van der Waals surface area contributed by atoms with E-state index in [1.54, 1.807) is 0 Å². The molecule has 1 aliphatic carbocycles. The highest BCUT2D eigenvalue weighted by molar-refractivity contribution is 5.90. The van der Waals surface area contributed by atoms with E-state index in [0.717, 1.165) is 24.0 Å². The van der Waals surface area contributed by atoms with Crippen LogP contribution in [-0.4, -0.2) is 24.3 Å². The van der Waals surface area contributed by atoms with Crippen LogP contribution in [0.25, 0.3) is 22.3 Å². The van der Waals surface area contributed by atoms with E-state index in [1.165, 1.54) is 40.7 Å². The Labute approximate surface area is 210 Å². The minimum absolute atomic E-state index is 0.146. The van der Waals surface area contributed by atoms with Crippen LogP contribution in [0.5, 0.6) is 0 Å². The molecule has 0 aromatic heterocycles. The Kier molecular flexibility index (Phi) is 7.19. The van der Waals surface area contributed by atoms with E-state index in [2.05, 4.69) is 64.1 Å². The molecule has 0 atom stereocenters. The van der Waals surface area contributed by atoms with Crippen molar-refractivity contribution >= 4 is 5.97 Å². The first-order valence-electron chi connectivity index (χ1n) is 12.8. The maximum Gasteiger partial charge on any atom is 0.338 e. The van der Waals surface area contributed by atoms with Crippen molar-refractivity contribution in [3.05, 3.63) is 82.9 Å². The quantitative estimate of drug-likeness (QED) is 0.364. The van der Waals surface area contributed by atoms with Gasteiger partial charge >= 0.3 is 5.97 Å². The van der Waals surface area contributed by atoms with E-state index in [4.69, 9.17) is 4.74 Å². The molecule has 4 rings (SSSR count). The Hall–Kier alpha value is -2.91. The van der Waals surface area contributed by atoms with Gasteiger partial charge in [-0.05, 0) is 101 Å². The number of hydrogen-bond donors (Lipinski definition) is 1. The molecule has 1 N–H and O–H groups in total. The fraction of sp³-hybridized carbons (Fsp3) is 0.406. The fourth-order valence-corrected chi connectivity index (χ4v) is 5.28. The average Bonchev–Trinajstić information content (AvgIpc) is 2.85. The van der Waals surface area contributed by atoms with Gasteiger partial charge in [0.25, 0.3) is 0 Å². The van der Waals surface area contributed by atoms with E-state index >= 15 is 0 Å². The second-order valence-corrected chi connectivity index (χ2v) is 11.0. The summed E-state index contributed by atoms with van der Waals surface area (Å²) in [5.41, 5.74) is 9.67. The second-order valence-electron chi connectivity index (χ2n) is 11.0. The minimum atomic E-state index is -0.293. The Morgan fingerprint density at radius 1 is 0.829 bits per heavy atom. The standard InChI is InChI=1S/C32H38O3/c1-6-35-30(34)24-12-9-22(10-13-24)25-14-11-23(8-7-19-33)27(20-25)26-15-16-28-29(21-26)32(4,5)18-17-31(28,2)3/h9-16,20-21,33H,6-8,17-19H2,1-5H3. The van der Waals surface area contributed by atoms with Crippen molar-refractivity contribution in [1.82, 2.24) is 0 Å². The van der Waals surface area contributed by atoms with Crippen molar-refractivity contribution in [2.75, 3.05) is 13.2 Å². The van der Waals surface area contributed by atoms with Crippen molar-refractivity contribution in [3.63, 3.8) is 0 Å². The van der Waals surface area contributed by atoms with Crippen LogP contribution in [-0.2, 0) is 22.0 Å². The van der Waals surface area contributed by atoms with Gasteiger partial charge in [0, 0.05) is 6.61 Å². The summed E-state index contributed by atoms with van der Waals surface area (Å²) >= 11 is 0. The highest BCUT2D eigenvalue weighted by Crippen LogP contribution is 2.47. The van der Waals surface area contributed by atoms with Crippen molar-refractivity contribution in [3.8, 4) is 22.3 Å². The first-order chi connectivity index (χ1) is 16.7. The number of aliphatic hydroxyl groups is 1. The molecule has 3 heteroatoms. The number of aryl methyl sites for hydroxylation is 1. The molecule has 35 heavy (non-hydrogen) atoms. The molecule has 0 spiro atoms. The average molecular weight is 471 g/mol. The smallest absolute Gasteiger partial charge is 0.338 e. The molecule has 1 aliphatic rings. The highest BCUT2D eigenvalue weighted by atomic mass is 16.5. The molecule has 184 valence electrons. The van der Waals surface area contributed by atoms with Crippen LogP contribution in [0, 0.1) is 0 Å². The summed E-state index contributed by atoms with van der Waals surface area (Å²) in [5.74, 6) is -0.293. The normalized spacial score (nSPS) is 15.9. The van der Waals surface area contributed by atoms with Crippen LogP contribution in [0.2, 0.25) is 0 Å². The molecule has 3 nitrogen and oxygen atoms in total. The molecule has 3 aromatic rings. The topological polar surface area (TPSA) is 46.5 Å². The molecule has 3 aromatic carbocycles. The van der Waals surface area contributed by atoms with E-state index in [-0.39, 0.29) is 23.4 Å². The molecule has 0 aliphatic heterocycles. The van der Waals surface area contributed by atoms with Crippen LogP contribution in [0.3, 0.4) is 0 Å². The second kappa shape index (κ2) is 9.99. The van der Waals surface area contributed by atoms with Gasteiger partial charge in [-0.1, -0.05) is 70.2 Å². The molecule has 0 amide bonds. The van der Waals surface area contributed by atoms with Crippen molar-refractivity contribution in [2.45, 2.75) is 71.1 Å². The molecule has 0 bridgehead atoms. The van der Waals surface area contributed by atoms with Gasteiger partial charge in [0.2, 0.25) is 0 Å². The molecular formula is C32H38O3. The van der Waals surface area contributed by atoms with Crippen molar-refractivity contribution in [2.24, 2.45) is 0 Å². The fourth-order valence-electron chi connectivity index (χ4n) is 5.28. The molecule has 0 radical (unpaired) electrons. The number of benzene rings is 3. The predicted molar refractivity (Wildman–Crippen MR) is 144 cm³/mol. The number of hydrogen-bond acceptors (Lipinski definition) is 3. The molecule has 0 saturated carbocycles. The van der Waals surface area contributed by atoms with Gasteiger partial charge in [-0.25, -0.2) is 4.79 Å². The molecule has 0 heterocycles. The predicted octanol–water partition coefficient (Wildman–Crippen LogP) is 7.47. The number of carbonyl (C=O) groups excluding carboxylic acids is 1. The zero-order valence-electron chi connectivity index (χ0n) is 21.8. The Bertz CT molecular complexity index is 1200. The lowest BCUT2D eigenvalue weighted by Crippen LogP contribution is -2.33. The number of carbonyl (C=O) groups is 1. The Morgan fingerprint density at radius 2 is 1.46 bits per heavy atom. The number of ether oxygens (including phenoxy) is 1. The summed E-state index contributed by atoms with van der Waals surface area (Å²) in [5, 5.41) is 9.48. The van der Waals surface area contributed by atoms with Gasteiger partial charge < -0.3 is 9.84 Å². The Balaban J connectivity index is 1.78.